The lowest BCUT2D eigenvalue weighted by molar-refractivity contribution is 0.580. The fourth-order valence-electron chi connectivity index (χ4n) is 2.29. The van der Waals surface area contributed by atoms with Crippen molar-refractivity contribution in [2.45, 2.75) is 37.1 Å². The van der Waals surface area contributed by atoms with E-state index in [1.807, 2.05) is 13.0 Å². The third-order valence-electron chi connectivity index (χ3n) is 3.20. The first-order valence-corrected chi connectivity index (χ1v) is 7.72. The molecule has 0 bridgehead atoms. The van der Waals surface area contributed by atoms with Crippen molar-refractivity contribution in [2.75, 3.05) is 11.1 Å². The molecule has 0 amide bonds. The molecule has 1 aliphatic heterocycles. The number of benzene rings is 1. The van der Waals surface area contributed by atoms with Crippen molar-refractivity contribution >= 4 is 15.5 Å². The minimum absolute atomic E-state index is 0.0782. The van der Waals surface area contributed by atoms with Crippen molar-refractivity contribution in [1.29, 1.82) is 5.26 Å². The van der Waals surface area contributed by atoms with Crippen LogP contribution in [-0.4, -0.2) is 20.2 Å². The Labute approximate surface area is 108 Å². The van der Waals surface area contributed by atoms with Crippen LogP contribution in [0.25, 0.3) is 0 Å². The van der Waals surface area contributed by atoms with E-state index in [-0.39, 0.29) is 11.8 Å². The number of anilines is 1. The van der Waals surface area contributed by atoms with Crippen LogP contribution in [0.15, 0.2) is 23.1 Å². The summed E-state index contributed by atoms with van der Waals surface area (Å²) in [5, 5.41) is 11.9. The van der Waals surface area contributed by atoms with Crippen LogP contribution in [-0.2, 0) is 16.3 Å². The topological polar surface area (TPSA) is 70.0 Å². The maximum atomic E-state index is 12.2. The largest absolute Gasteiger partial charge is 0.380 e. The van der Waals surface area contributed by atoms with Crippen LogP contribution >= 0.6 is 0 Å². The quantitative estimate of drug-likeness (QED) is 0.907. The van der Waals surface area contributed by atoms with Gasteiger partial charge in [-0.2, -0.15) is 5.26 Å². The highest BCUT2D eigenvalue weighted by molar-refractivity contribution is 7.91. The first-order valence-electron chi connectivity index (χ1n) is 6.06. The Balaban J connectivity index is 2.41. The van der Waals surface area contributed by atoms with Crippen LogP contribution in [0.1, 0.15) is 25.3 Å². The molecule has 0 fully saturated rings. The number of sulfone groups is 1. The van der Waals surface area contributed by atoms with Gasteiger partial charge in [-0.25, -0.2) is 8.42 Å². The van der Waals surface area contributed by atoms with Gasteiger partial charge in [-0.3, -0.25) is 0 Å². The van der Waals surface area contributed by atoms with E-state index in [9.17, 15) is 8.42 Å². The summed E-state index contributed by atoms with van der Waals surface area (Å²) in [7, 11) is -3.23. The van der Waals surface area contributed by atoms with Gasteiger partial charge in [0.05, 0.1) is 22.4 Å². The minimum atomic E-state index is -3.23. The van der Waals surface area contributed by atoms with Gasteiger partial charge >= 0.3 is 0 Å². The first kappa shape index (κ1) is 12.9. The lowest BCUT2D eigenvalue weighted by atomic mass is 10.1. The molecule has 1 atom stereocenters. The molecular formula is C13H16N2O2S. The Morgan fingerprint density at radius 3 is 2.94 bits per heavy atom. The number of aryl methyl sites for hydroxylation is 1. The molecule has 1 heterocycles. The summed E-state index contributed by atoms with van der Waals surface area (Å²) in [5.74, 6) is 0.0782. The molecule has 0 aromatic heterocycles. The van der Waals surface area contributed by atoms with Crippen LogP contribution < -0.4 is 5.32 Å². The predicted molar refractivity (Wildman–Crippen MR) is 70.1 cm³/mol. The number of nitrogens with zero attached hydrogens (tertiary/aromatic N) is 1. The standard InChI is InChI=1S/C13H16N2O2S/c1-2-10-5-3-7-12-13(10)15-11(6-4-8-14)9-18(12,16)17/h3,5,7,11,15H,2,4,6,9H2,1H3. The lowest BCUT2D eigenvalue weighted by Crippen LogP contribution is -2.34. The number of para-hydroxylation sites is 1. The Bertz CT molecular complexity index is 587. The van der Waals surface area contributed by atoms with Crippen molar-refractivity contribution in [3.05, 3.63) is 23.8 Å². The number of hydrogen-bond donors (Lipinski definition) is 1. The highest BCUT2D eigenvalue weighted by Crippen LogP contribution is 2.32. The van der Waals surface area contributed by atoms with E-state index in [2.05, 4.69) is 11.4 Å². The second-order valence-electron chi connectivity index (χ2n) is 4.46. The number of nitrogens with one attached hydrogen (secondary N) is 1. The Hall–Kier alpha value is -1.54. The number of rotatable bonds is 3. The molecule has 0 saturated heterocycles. The van der Waals surface area contributed by atoms with Crippen LogP contribution in [0.5, 0.6) is 0 Å². The van der Waals surface area contributed by atoms with Gasteiger partial charge in [0.2, 0.25) is 0 Å². The first-order chi connectivity index (χ1) is 8.58. The average Bonchev–Trinajstić information content (AvgIpc) is 2.35. The predicted octanol–water partition coefficient (Wildman–Crippen LogP) is 2.12. The summed E-state index contributed by atoms with van der Waals surface area (Å²) in [6.45, 7) is 2.00. The molecule has 1 aromatic rings. The maximum absolute atomic E-state index is 12.2. The van der Waals surface area contributed by atoms with Gasteiger partial charge < -0.3 is 5.32 Å². The fraction of sp³-hybridized carbons (Fsp3) is 0.462. The smallest absolute Gasteiger partial charge is 0.182 e. The molecule has 0 spiro atoms. The van der Waals surface area contributed by atoms with Crippen molar-refractivity contribution in [1.82, 2.24) is 0 Å². The highest BCUT2D eigenvalue weighted by atomic mass is 32.2. The number of nitriles is 1. The molecule has 1 N–H and O–H groups in total. The van der Waals surface area contributed by atoms with Gasteiger partial charge in [-0.15, -0.1) is 0 Å². The van der Waals surface area contributed by atoms with E-state index in [0.29, 0.717) is 17.7 Å². The summed E-state index contributed by atoms with van der Waals surface area (Å²) >= 11 is 0. The molecule has 1 aromatic carbocycles. The summed E-state index contributed by atoms with van der Waals surface area (Å²) in [4.78, 5) is 0.398. The molecule has 96 valence electrons. The Morgan fingerprint density at radius 2 is 2.28 bits per heavy atom. The summed E-state index contributed by atoms with van der Waals surface area (Å²) in [6, 6.07) is 7.28. The third-order valence-corrected chi connectivity index (χ3v) is 5.05. The van der Waals surface area contributed by atoms with Gasteiger partial charge in [-0.05, 0) is 24.5 Å². The maximum Gasteiger partial charge on any atom is 0.182 e. The molecule has 0 aliphatic carbocycles. The summed E-state index contributed by atoms with van der Waals surface area (Å²) in [5.41, 5.74) is 1.74. The molecule has 2 rings (SSSR count). The van der Waals surface area contributed by atoms with Crippen molar-refractivity contribution in [2.24, 2.45) is 0 Å². The van der Waals surface area contributed by atoms with Crippen LogP contribution in [0.2, 0.25) is 0 Å². The van der Waals surface area contributed by atoms with Crippen molar-refractivity contribution in [3.8, 4) is 6.07 Å². The zero-order chi connectivity index (χ0) is 13.2. The zero-order valence-electron chi connectivity index (χ0n) is 10.3. The average molecular weight is 264 g/mol. The van der Waals surface area contributed by atoms with Crippen molar-refractivity contribution in [3.63, 3.8) is 0 Å². The second-order valence-corrected chi connectivity index (χ2v) is 6.47. The fourth-order valence-corrected chi connectivity index (χ4v) is 4.04. The molecular weight excluding hydrogens is 248 g/mol. The highest BCUT2D eigenvalue weighted by Gasteiger charge is 2.30. The van der Waals surface area contributed by atoms with Crippen LogP contribution in [0.3, 0.4) is 0 Å². The molecule has 5 heteroatoms. The second kappa shape index (κ2) is 4.99. The van der Waals surface area contributed by atoms with Crippen molar-refractivity contribution < 1.29 is 8.42 Å². The molecule has 0 saturated carbocycles. The monoisotopic (exact) mass is 264 g/mol. The van der Waals surface area contributed by atoms with Gasteiger partial charge in [0.25, 0.3) is 0 Å². The Morgan fingerprint density at radius 1 is 1.50 bits per heavy atom. The molecule has 0 radical (unpaired) electrons. The van der Waals surface area contributed by atoms with Gasteiger partial charge in [0.1, 0.15) is 0 Å². The number of fused-ring (bicyclic) bond motifs is 1. The summed E-state index contributed by atoms with van der Waals surface area (Å²) in [6.07, 6.45) is 1.72. The Kier molecular flexibility index (Phi) is 3.58. The van der Waals surface area contributed by atoms with Gasteiger partial charge in [0.15, 0.2) is 9.84 Å². The summed E-state index contributed by atoms with van der Waals surface area (Å²) < 4.78 is 24.4. The van der Waals surface area contributed by atoms with E-state index < -0.39 is 9.84 Å². The SMILES string of the molecule is CCc1cccc2c1NC(CCC#N)CS2(=O)=O. The molecule has 4 nitrogen and oxygen atoms in total. The van der Waals surface area contributed by atoms with Crippen LogP contribution in [0.4, 0.5) is 5.69 Å². The van der Waals surface area contributed by atoms with Gasteiger partial charge in [0, 0.05) is 12.5 Å². The molecule has 1 unspecified atom stereocenters. The zero-order valence-corrected chi connectivity index (χ0v) is 11.1. The van der Waals surface area contributed by atoms with E-state index in [4.69, 9.17) is 5.26 Å². The minimum Gasteiger partial charge on any atom is -0.380 e. The lowest BCUT2D eigenvalue weighted by Gasteiger charge is -2.28. The molecule has 18 heavy (non-hydrogen) atoms. The van der Waals surface area contributed by atoms with E-state index in [1.165, 1.54) is 0 Å². The molecule has 1 aliphatic rings. The van der Waals surface area contributed by atoms with E-state index in [1.54, 1.807) is 12.1 Å². The van der Waals surface area contributed by atoms with Crippen LogP contribution in [0, 0.1) is 11.3 Å². The van der Waals surface area contributed by atoms with Gasteiger partial charge in [-0.1, -0.05) is 19.1 Å². The number of hydrogen-bond acceptors (Lipinski definition) is 4. The van der Waals surface area contributed by atoms with E-state index >= 15 is 0 Å². The third kappa shape index (κ3) is 2.34. The normalized spacial score (nSPS) is 20.6. The van der Waals surface area contributed by atoms with E-state index in [0.717, 1.165) is 17.7 Å².